The summed E-state index contributed by atoms with van der Waals surface area (Å²) < 4.78 is 54.0. The van der Waals surface area contributed by atoms with E-state index in [1.54, 1.807) is 24.3 Å². The zero-order chi connectivity index (χ0) is 39.3. The van der Waals surface area contributed by atoms with Crippen LogP contribution in [0.15, 0.2) is 133 Å². The molecule has 0 fully saturated rings. The molecule has 55 heavy (non-hydrogen) atoms. The van der Waals surface area contributed by atoms with Crippen LogP contribution in [0.3, 0.4) is 0 Å². The van der Waals surface area contributed by atoms with E-state index in [-0.39, 0.29) is 44.9 Å². The normalized spacial score (nSPS) is 9.89. The standard InChI is InChI=1S/2C18H18F2NO.2C5H5.Ti/c2*1-3-4-11-21(17-10-9-15(19)12-16(17)20)18(22)14-7-5-13(2)6-8-14;2*1-2-4-5-3-1;/h2*5-10H,3-4,11H2,1-2H3;2*1-5H;/q4*-1;+4. The number of halogens is 4. The third kappa shape index (κ3) is 15.7. The van der Waals surface area contributed by atoms with Gasteiger partial charge in [0.15, 0.2) is 0 Å². The van der Waals surface area contributed by atoms with Gasteiger partial charge in [-0.2, -0.15) is 36.4 Å². The minimum atomic E-state index is -0.850. The van der Waals surface area contributed by atoms with Gasteiger partial charge in [0.2, 0.25) is 11.8 Å². The largest absolute Gasteiger partial charge is 4.00 e. The van der Waals surface area contributed by atoms with Gasteiger partial charge in [-0.1, -0.05) is 62.1 Å². The van der Waals surface area contributed by atoms with E-state index >= 15 is 0 Å². The van der Waals surface area contributed by atoms with Gasteiger partial charge in [-0.05, 0) is 62.3 Å². The molecular formula is C46H46F4N2O2Ti. The Morgan fingerprint density at radius 1 is 0.545 bits per heavy atom. The number of rotatable bonds is 10. The maximum atomic E-state index is 14.0. The van der Waals surface area contributed by atoms with E-state index in [0.29, 0.717) is 24.2 Å². The number of hydrogen-bond donors (Lipinski definition) is 0. The zero-order valence-electron chi connectivity index (χ0n) is 31.7. The summed E-state index contributed by atoms with van der Waals surface area (Å²) in [5.41, 5.74) is 3.15. The summed E-state index contributed by atoms with van der Waals surface area (Å²) in [6, 6.07) is 42.9. The van der Waals surface area contributed by atoms with E-state index in [2.05, 4.69) is 0 Å². The van der Waals surface area contributed by atoms with E-state index in [1.165, 1.54) is 21.9 Å². The SMILES string of the molecule is CCCCN(C(=O)c1ccc(C)cc1)c1ccc(F)[c-]c1F.CCCCN(C(=O)c1ccc(C)cc1)c1ccc(F)[c-]c1F.[Ti+4].c1cc[cH-]c1.c1cc[cH-]c1. The molecular weight excluding hydrogens is 736 g/mol. The van der Waals surface area contributed by atoms with E-state index in [0.717, 1.165) is 48.9 Å². The molecule has 0 radical (unpaired) electrons. The Labute approximate surface area is 338 Å². The Kier molecular flexibility index (Phi) is 21.1. The third-order valence-electron chi connectivity index (χ3n) is 7.93. The first kappa shape index (κ1) is 46.1. The molecule has 284 valence electrons. The summed E-state index contributed by atoms with van der Waals surface area (Å²) in [6.07, 6.45) is 3.19. The first-order chi connectivity index (χ1) is 26.0. The van der Waals surface area contributed by atoms with Gasteiger partial charge in [-0.15, -0.1) is 36.4 Å². The van der Waals surface area contributed by atoms with E-state index in [9.17, 15) is 27.2 Å². The molecule has 9 heteroatoms. The molecule has 0 heterocycles. The van der Waals surface area contributed by atoms with Crippen molar-refractivity contribution >= 4 is 23.2 Å². The molecule has 6 rings (SSSR count). The van der Waals surface area contributed by atoms with Crippen molar-refractivity contribution < 1.29 is 48.9 Å². The van der Waals surface area contributed by atoms with Gasteiger partial charge in [0.25, 0.3) is 0 Å². The van der Waals surface area contributed by atoms with Crippen LogP contribution in [0.25, 0.3) is 0 Å². The number of aryl methyl sites for hydroxylation is 2. The topological polar surface area (TPSA) is 40.6 Å². The Balaban J connectivity index is 0.000000298. The monoisotopic (exact) mass is 782 g/mol. The van der Waals surface area contributed by atoms with Crippen molar-refractivity contribution in [3.63, 3.8) is 0 Å². The van der Waals surface area contributed by atoms with Crippen LogP contribution in [0.4, 0.5) is 28.9 Å². The number of amides is 2. The molecule has 0 spiro atoms. The number of unbranched alkanes of at least 4 members (excludes halogenated alkanes) is 2. The average molecular weight is 783 g/mol. The number of carbonyl (C=O) groups excluding carboxylic acids is 2. The van der Waals surface area contributed by atoms with Crippen LogP contribution in [-0.2, 0) is 21.7 Å². The minimum Gasteiger partial charge on any atom is -0.359 e. The number of anilines is 2. The van der Waals surface area contributed by atoms with E-state index in [4.69, 9.17) is 0 Å². The maximum Gasteiger partial charge on any atom is 4.00 e. The molecule has 0 aliphatic rings. The van der Waals surface area contributed by atoms with Gasteiger partial charge in [-0.25, -0.2) is 41.8 Å². The van der Waals surface area contributed by atoms with Gasteiger partial charge in [0.1, 0.15) is 0 Å². The Hall–Kier alpha value is -5.05. The quantitative estimate of drug-likeness (QED) is 0.0789. The molecule has 0 aliphatic carbocycles. The fourth-order valence-corrected chi connectivity index (χ4v) is 4.93. The van der Waals surface area contributed by atoms with Crippen LogP contribution in [0.5, 0.6) is 0 Å². The average Bonchev–Trinajstić information content (AvgIpc) is 3.95. The summed E-state index contributed by atoms with van der Waals surface area (Å²) in [5.74, 6) is -3.85. The number of carbonyl (C=O) groups is 2. The number of nitrogens with zero attached hydrogens (tertiary/aromatic N) is 2. The summed E-state index contributed by atoms with van der Waals surface area (Å²) in [5, 5.41) is 0. The van der Waals surface area contributed by atoms with Gasteiger partial charge in [0.05, 0.1) is 0 Å². The maximum absolute atomic E-state index is 14.0. The molecule has 0 unspecified atom stereocenters. The first-order valence-corrected chi connectivity index (χ1v) is 17.9. The predicted octanol–water partition coefficient (Wildman–Crippen LogP) is 11.8. The fraction of sp³-hybridized carbons (Fsp3) is 0.217. The van der Waals surface area contributed by atoms with Crippen molar-refractivity contribution in [2.75, 3.05) is 22.9 Å². The predicted molar refractivity (Wildman–Crippen MR) is 210 cm³/mol. The molecule has 6 aromatic carbocycles. The van der Waals surface area contributed by atoms with E-state index in [1.807, 2.05) is 125 Å². The second-order valence-corrected chi connectivity index (χ2v) is 12.3. The third-order valence-corrected chi connectivity index (χ3v) is 7.93. The number of benzene rings is 4. The molecule has 4 nitrogen and oxygen atoms in total. The van der Waals surface area contributed by atoms with Crippen LogP contribution < -0.4 is 9.80 Å². The summed E-state index contributed by atoms with van der Waals surface area (Å²) in [4.78, 5) is 28.0. The van der Waals surface area contributed by atoms with Gasteiger partial charge < -0.3 is 9.80 Å². The summed E-state index contributed by atoms with van der Waals surface area (Å²) >= 11 is 0. The van der Waals surface area contributed by atoms with E-state index < -0.39 is 23.3 Å². The van der Waals surface area contributed by atoms with Gasteiger partial charge in [-0.3, -0.25) is 9.59 Å². The van der Waals surface area contributed by atoms with Crippen LogP contribution in [0.2, 0.25) is 0 Å². The van der Waals surface area contributed by atoms with Crippen molar-refractivity contribution in [3.05, 3.63) is 191 Å². The van der Waals surface area contributed by atoms with Crippen LogP contribution in [0, 0.1) is 49.2 Å². The fourth-order valence-electron chi connectivity index (χ4n) is 4.93. The minimum absolute atomic E-state index is 0. The Morgan fingerprint density at radius 2 is 0.873 bits per heavy atom. The van der Waals surface area contributed by atoms with Crippen molar-refractivity contribution in [2.24, 2.45) is 0 Å². The second kappa shape index (κ2) is 25.1. The summed E-state index contributed by atoms with van der Waals surface area (Å²) in [6.45, 7) is 8.58. The molecule has 2 amide bonds. The van der Waals surface area contributed by atoms with Crippen molar-refractivity contribution in [1.82, 2.24) is 0 Å². The molecule has 6 aromatic rings. The Morgan fingerprint density at radius 3 is 1.13 bits per heavy atom. The molecule has 0 atom stereocenters. The molecule has 0 aromatic heterocycles. The molecule has 0 saturated heterocycles. The van der Waals surface area contributed by atoms with Gasteiger partial charge in [0, 0.05) is 47.5 Å². The van der Waals surface area contributed by atoms with Crippen molar-refractivity contribution in [3.8, 4) is 0 Å². The first-order valence-electron chi connectivity index (χ1n) is 17.9. The molecule has 0 N–H and O–H groups in total. The molecule has 0 bridgehead atoms. The smallest absolute Gasteiger partial charge is 0.359 e. The van der Waals surface area contributed by atoms with Crippen LogP contribution in [-0.4, -0.2) is 24.9 Å². The summed E-state index contributed by atoms with van der Waals surface area (Å²) in [7, 11) is 0. The number of hydrogen-bond acceptors (Lipinski definition) is 2. The molecule has 0 saturated carbocycles. The second-order valence-electron chi connectivity index (χ2n) is 12.3. The van der Waals surface area contributed by atoms with Gasteiger partial charge >= 0.3 is 21.7 Å². The zero-order valence-corrected chi connectivity index (χ0v) is 33.2. The Bertz CT molecular complexity index is 1770. The van der Waals surface area contributed by atoms with Crippen LogP contribution in [0.1, 0.15) is 71.4 Å². The molecule has 0 aliphatic heterocycles. The van der Waals surface area contributed by atoms with Crippen molar-refractivity contribution in [1.29, 1.82) is 0 Å². The van der Waals surface area contributed by atoms with Crippen molar-refractivity contribution in [2.45, 2.75) is 53.4 Å². The van der Waals surface area contributed by atoms with Crippen LogP contribution >= 0.6 is 0 Å².